The van der Waals surface area contributed by atoms with Crippen molar-refractivity contribution in [3.05, 3.63) is 12.7 Å². The van der Waals surface area contributed by atoms with E-state index in [1.54, 1.807) is 13.8 Å². The van der Waals surface area contributed by atoms with Crippen LogP contribution < -0.4 is 16.0 Å². The highest BCUT2D eigenvalue weighted by atomic mass is 16.5. The smallest absolute Gasteiger partial charge is 0.308 e. The molecule has 0 aromatic carbocycles. The number of hydrogen-bond donors (Lipinski definition) is 3. The van der Waals surface area contributed by atoms with Gasteiger partial charge in [-0.1, -0.05) is 40.2 Å². The van der Waals surface area contributed by atoms with Gasteiger partial charge in [-0.25, -0.2) is 0 Å². The van der Waals surface area contributed by atoms with Gasteiger partial charge in [0.15, 0.2) is 6.10 Å². The van der Waals surface area contributed by atoms with Crippen molar-refractivity contribution in [3.63, 3.8) is 0 Å². The molecule has 2 saturated heterocycles. The number of carbonyl (C=O) groups is 6. The van der Waals surface area contributed by atoms with Crippen LogP contribution in [-0.2, 0) is 33.5 Å². The quantitative estimate of drug-likeness (QED) is 0.325. The summed E-state index contributed by atoms with van der Waals surface area (Å²) in [4.78, 5) is 81.8. The van der Waals surface area contributed by atoms with Crippen molar-refractivity contribution in [1.29, 1.82) is 0 Å². The number of esters is 1. The van der Waals surface area contributed by atoms with Crippen LogP contribution in [-0.4, -0.2) is 95.7 Å². The molecule has 12 heteroatoms. The van der Waals surface area contributed by atoms with Crippen LogP contribution in [0.2, 0.25) is 0 Å². The van der Waals surface area contributed by atoms with Crippen molar-refractivity contribution in [3.8, 4) is 0 Å². The fourth-order valence-electron chi connectivity index (χ4n) is 5.08. The molecular weight excluding hydrogens is 518 g/mol. The Bertz CT molecular complexity index is 984. The van der Waals surface area contributed by atoms with Gasteiger partial charge in [0, 0.05) is 26.6 Å². The third-order valence-corrected chi connectivity index (χ3v) is 7.59. The Hall–Kier alpha value is -3.44. The molecule has 5 amide bonds. The van der Waals surface area contributed by atoms with Crippen LogP contribution in [0.3, 0.4) is 0 Å². The van der Waals surface area contributed by atoms with E-state index in [-0.39, 0.29) is 31.2 Å². The maximum absolute atomic E-state index is 13.8. The molecule has 40 heavy (non-hydrogen) atoms. The summed E-state index contributed by atoms with van der Waals surface area (Å²) in [5.74, 6) is -3.73. The van der Waals surface area contributed by atoms with Crippen LogP contribution in [0.5, 0.6) is 0 Å². The third-order valence-electron chi connectivity index (χ3n) is 7.59. The van der Waals surface area contributed by atoms with Crippen LogP contribution in [0.15, 0.2) is 12.7 Å². The number of ether oxygens (including phenoxy) is 1. The summed E-state index contributed by atoms with van der Waals surface area (Å²) in [6.07, 6.45) is 1.69. The lowest BCUT2D eigenvalue weighted by Gasteiger charge is -2.36. The lowest BCUT2D eigenvalue weighted by molar-refractivity contribution is -0.161. The highest BCUT2D eigenvalue weighted by Gasteiger charge is 2.41. The topological polar surface area (TPSA) is 154 Å². The first-order valence-electron chi connectivity index (χ1n) is 14.1. The van der Waals surface area contributed by atoms with E-state index in [9.17, 15) is 28.8 Å². The number of nitrogens with zero attached hydrogens (tertiary/aromatic N) is 2. The average Bonchev–Trinajstić information content (AvgIpc) is 3.39. The number of amides is 5. The molecule has 0 spiro atoms. The molecule has 6 atom stereocenters. The zero-order chi connectivity index (χ0) is 30.1. The molecule has 0 saturated carbocycles. The van der Waals surface area contributed by atoms with Crippen LogP contribution in [0.25, 0.3) is 0 Å². The second kappa shape index (κ2) is 14.8. The number of cyclic esters (lactones) is 1. The molecule has 0 aliphatic carbocycles. The molecule has 0 bridgehead atoms. The van der Waals surface area contributed by atoms with Gasteiger partial charge in [0.2, 0.25) is 23.6 Å². The van der Waals surface area contributed by atoms with Crippen LogP contribution in [0, 0.1) is 11.8 Å². The molecule has 0 aromatic heterocycles. The Morgan fingerprint density at radius 2 is 1.70 bits per heavy atom. The van der Waals surface area contributed by atoms with E-state index in [1.165, 1.54) is 29.8 Å². The molecule has 2 aliphatic rings. The standard InChI is InChI=1S/C28H45N5O7/c1-8-11-20-27(38)33-15-10-12-19(33)25(36)31-22(17(5)9-2)28(39)32(7)23(16(3)4)26(37)30-18(6)24(35)29-14-13-21(34)40-20/h8,16-20,22-23H,1,9-15H2,2-7H3,(H,29,35)(H,30,37)(H,31,36)/t17-,18-,19-,20?,22-,23-/m0/s1. The molecule has 2 fully saturated rings. The van der Waals surface area contributed by atoms with Gasteiger partial charge >= 0.3 is 5.97 Å². The third kappa shape index (κ3) is 8.04. The molecule has 0 radical (unpaired) electrons. The Kier molecular flexibility index (Phi) is 12.1. The molecule has 2 aliphatic heterocycles. The van der Waals surface area contributed by atoms with Gasteiger partial charge in [0.05, 0.1) is 6.42 Å². The van der Waals surface area contributed by atoms with E-state index in [0.29, 0.717) is 25.8 Å². The molecule has 12 nitrogen and oxygen atoms in total. The number of nitrogens with one attached hydrogen (secondary N) is 3. The zero-order valence-electron chi connectivity index (χ0n) is 24.5. The minimum absolute atomic E-state index is 0.0558. The number of rotatable bonds is 5. The largest absolute Gasteiger partial charge is 0.452 e. The van der Waals surface area contributed by atoms with E-state index < -0.39 is 65.8 Å². The SMILES string of the molecule is C=CCC1OC(=O)CCNC(=O)[C@H](C)NC(=O)[C@H](C(C)C)N(C)C(=O)[C@H]([C@@H](C)CC)NC(=O)[C@@H]2CCCN2C1=O. The molecule has 2 rings (SSSR count). The van der Waals surface area contributed by atoms with Crippen LogP contribution in [0.4, 0.5) is 0 Å². The van der Waals surface area contributed by atoms with E-state index in [1.807, 2.05) is 13.8 Å². The second-order valence-corrected chi connectivity index (χ2v) is 11.0. The maximum Gasteiger partial charge on any atom is 0.308 e. The highest BCUT2D eigenvalue weighted by Crippen LogP contribution is 2.22. The van der Waals surface area contributed by atoms with E-state index >= 15 is 0 Å². The Balaban J connectivity index is 2.48. The molecule has 3 N–H and O–H groups in total. The number of fused-ring (bicyclic) bond motifs is 1. The van der Waals surface area contributed by atoms with Gasteiger partial charge in [-0.05, 0) is 31.6 Å². The summed E-state index contributed by atoms with van der Waals surface area (Å²) in [7, 11) is 1.51. The van der Waals surface area contributed by atoms with Crippen molar-refractivity contribution < 1.29 is 33.5 Å². The fraction of sp³-hybridized carbons (Fsp3) is 0.714. The van der Waals surface area contributed by atoms with E-state index in [0.717, 1.165) is 0 Å². The van der Waals surface area contributed by atoms with Crippen molar-refractivity contribution in [2.45, 2.75) is 97.0 Å². The number of hydrogen-bond acceptors (Lipinski definition) is 7. The predicted octanol–water partition coefficient (Wildman–Crippen LogP) is 0.504. The van der Waals surface area contributed by atoms with Crippen molar-refractivity contribution in [2.24, 2.45) is 11.8 Å². The molecule has 1 unspecified atom stereocenters. The second-order valence-electron chi connectivity index (χ2n) is 11.0. The summed E-state index contributed by atoms with van der Waals surface area (Å²) in [5, 5.41) is 8.09. The summed E-state index contributed by atoms with van der Waals surface area (Å²) in [6.45, 7) is 12.7. The predicted molar refractivity (Wildman–Crippen MR) is 147 cm³/mol. The van der Waals surface area contributed by atoms with Crippen LogP contribution in [0.1, 0.15) is 66.7 Å². The van der Waals surface area contributed by atoms with Gasteiger partial charge in [-0.3, -0.25) is 28.8 Å². The first-order chi connectivity index (χ1) is 18.8. The summed E-state index contributed by atoms with van der Waals surface area (Å²) in [6, 6.07) is -3.64. The Morgan fingerprint density at radius 1 is 1.02 bits per heavy atom. The fourth-order valence-corrected chi connectivity index (χ4v) is 5.08. The van der Waals surface area contributed by atoms with Gasteiger partial charge in [-0.2, -0.15) is 0 Å². The van der Waals surface area contributed by atoms with Crippen LogP contribution >= 0.6 is 0 Å². The van der Waals surface area contributed by atoms with Gasteiger partial charge in [0.25, 0.3) is 5.91 Å². The minimum atomic E-state index is -1.17. The zero-order valence-corrected chi connectivity index (χ0v) is 24.5. The minimum Gasteiger partial charge on any atom is -0.452 e. The normalized spacial score (nSPS) is 28.9. The first kappa shape index (κ1) is 32.8. The number of carbonyl (C=O) groups excluding carboxylic acids is 6. The number of likely N-dealkylation sites (N-methyl/N-ethyl adjacent to an activating group) is 1. The summed E-state index contributed by atoms with van der Waals surface area (Å²) < 4.78 is 5.42. The monoisotopic (exact) mass is 563 g/mol. The van der Waals surface area contributed by atoms with Crippen molar-refractivity contribution in [2.75, 3.05) is 20.1 Å². The average molecular weight is 564 g/mol. The molecular formula is C28H45N5O7. The van der Waals surface area contributed by atoms with Gasteiger partial charge < -0.3 is 30.5 Å². The maximum atomic E-state index is 13.8. The Labute approximate surface area is 236 Å². The Morgan fingerprint density at radius 3 is 2.30 bits per heavy atom. The van der Waals surface area contributed by atoms with Gasteiger partial charge in [0.1, 0.15) is 24.2 Å². The lowest BCUT2D eigenvalue weighted by Crippen LogP contribution is -2.60. The lowest BCUT2D eigenvalue weighted by atomic mass is 9.94. The van der Waals surface area contributed by atoms with E-state index in [4.69, 9.17) is 4.74 Å². The van der Waals surface area contributed by atoms with Crippen molar-refractivity contribution >= 4 is 35.5 Å². The van der Waals surface area contributed by atoms with Gasteiger partial charge in [-0.15, -0.1) is 6.58 Å². The summed E-state index contributed by atoms with van der Waals surface area (Å²) >= 11 is 0. The molecule has 2 heterocycles. The molecule has 0 aromatic rings. The highest BCUT2D eigenvalue weighted by molar-refractivity contribution is 5.96. The van der Waals surface area contributed by atoms with E-state index in [2.05, 4.69) is 22.5 Å². The van der Waals surface area contributed by atoms with Crippen molar-refractivity contribution in [1.82, 2.24) is 25.8 Å². The summed E-state index contributed by atoms with van der Waals surface area (Å²) in [5.41, 5.74) is 0. The first-order valence-corrected chi connectivity index (χ1v) is 14.1. The molecule has 224 valence electrons.